The van der Waals surface area contributed by atoms with Crippen LogP contribution in [0.4, 0.5) is 4.79 Å². The van der Waals surface area contributed by atoms with Crippen LogP contribution in [0.2, 0.25) is 0 Å². The highest BCUT2D eigenvalue weighted by Gasteiger charge is 2.56. The first kappa shape index (κ1) is 21.8. The van der Waals surface area contributed by atoms with Gasteiger partial charge in [-0.25, -0.2) is 4.79 Å². The molecule has 1 aromatic rings. The lowest BCUT2D eigenvalue weighted by molar-refractivity contribution is -0.135. The van der Waals surface area contributed by atoms with E-state index >= 15 is 0 Å². The van der Waals surface area contributed by atoms with Gasteiger partial charge in [0.25, 0.3) is 17.7 Å². The van der Waals surface area contributed by atoms with E-state index in [2.05, 4.69) is 36.9 Å². The lowest BCUT2D eigenvalue weighted by atomic mass is 9.72. The standard InChI is InChI=1S/C22H30N4O4S/c1-21(2,3)14-7-8-15-12(9-14)10-16(31-15)18(28)25-24-17(27)11-26-19(29)22(4,13-5-6-13)23-20(26)30/h10,13-14H,5-9,11H2,1-4H3,(H,23,30)(H,24,27)(H,25,28). The molecule has 2 unspecified atom stereocenters. The van der Waals surface area contributed by atoms with Gasteiger partial charge in [0, 0.05) is 4.88 Å². The topological polar surface area (TPSA) is 108 Å². The van der Waals surface area contributed by atoms with Crippen LogP contribution in [0.15, 0.2) is 6.07 Å². The van der Waals surface area contributed by atoms with Crippen LogP contribution in [0.25, 0.3) is 0 Å². The molecule has 8 nitrogen and oxygen atoms in total. The summed E-state index contributed by atoms with van der Waals surface area (Å²) < 4.78 is 0. The largest absolute Gasteiger partial charge is 0.325 e. The summed E-state index contributed by atoms with van der Waals surface area (Å²) in [5.74, 6) is -0.693. The predicted octanol–water partition coefficient (Wildman–Crippen LogP) is 2.38. The van der Waals surface area contributed by atoms with Crippen molar-refractivity contribution in [1.82, 2.24) is 21.1 Å². The molecule has 5 amide bonds. The second-order valence-electron chi connectivity index (χ2n) is 10.2. The van der Waals surface area contributed by atoms with Crippen molar-refractivity contribution in [3.63, 3.8) is 0 Å². The van der Waals surface area contributed by atoms with E-state index in [0.717, 1.165) is 37.0 Å². The van der Waals surface area contributed by atoms with Crippen molar-refractivity contribution in [2.45, 2.75) is 65.3 Å². The van der Waals surface area contributed by atoms with Gasteiger partial charge < -0.3 is 5.32 Å². The molecule has 3 aliphatic rings. The van der Waals surface area contributed by atoms with Crippen molar-refractivity contribution in [1.29, 1.82) is 0 Å². The zero-order chi connectivity index (χ0) is 22.6. The summed E-state index contributed by atoms with van der Waals surface area (Å²) in [6.45, 7) is 8.01. The number of urea groups is 1. The maximum Gasteiger partial charge on any atom is 0.325 e. The molecule has 2 fully saturated rings. The van der Waals surface area contributed by atoms with Crippen LogP contribution in [-0.4, -0.2) is 40.7 Å². The number of thiophene rings is 1. The Morgan fingerprint density at radius 1 is 1.23 bits per heavy atom. The number of hydrogen-bond acceptors (Lipinski definition) is 5. The quantitative estimate of drug-likeness (QED) is 0.487. The van der Waals surface area contributed by atoms with E-state index in [4.69, 9.17) is 0 Å². The maximum absolute atomic E-state index is 12.6. The van der Waals surface area contributed by atoms with Crippen molar-refractivity contribution in [2.24, 2.45) is 17.3 Å². The molecular formula is C22H30N4O4S. The van der Waals surface area contributed by atoms with Crippen LogP contribution >= 0.6 is 11.3 Å². The Labute approximate surface area is 186 Å². The Bertz CT molecular complexity index is 946. The highest BCUT2D eigenvalue weighted by Crippen LogP contribution is 2.42. The summed E-state index contributed by atoms with van der Waals surface area (Å²) >= 11 is 1.46. The molecule has 1 saturated carbocycles. The molecule has 0 bridgehead atoms. The maximum atomic E-state index is 12.6. The Kier molecular flexibility index (Phi) is 5.36. The SMILES string of the molecule is CC(C)(C)C1CCc2sc(C(=O)NNC(=O)CN3C(=O)NC(C)(C4CC4)C3=O)cc2C1. The number of carbonyl (C=O) groups is 4. The minimum absolute atomic E-state index is 0.124. The first-order valence-electron chi connectivity index (χ1n) is 10.8. The number of rotatable bonds is 4. The normalized spacial score (nSPS) is 25.8. The van der Waals surface area contributed by atoms with E-state index in [1.807, 2.05) is 6.07 Å². The molecule has 0 radical (unpaired) electrons. The zero-order valence-corrected chi connectivity index (χ0v) is 19.3. The lowest BCUT2D eigenvalue weighted by Gasteiger charge is -2.33. The van der Waals surface area contributed by atoms with E-state index in [9.17, 15) is 19.2 Å². The van der Waals surface area contributed by atoms with Gasteiger partial charge in [0.15, 0.2) is 0 Å². The van der Waals surface area contributed by atoms with Crippen molar-refractivity contribution in [3.8, 4) is 0 Å². The Balaban J connectivity index is 1.31. The molecule has 31 heavy (non-hydrogen) atoms. The van der Waals surface area contributed by atoms with Gasteiger partial charge in [-0.3, -0.25) is 30.1 Å². The smallest absolute Gasteiger partial charge is 0.323 e. The van der Waals surface area contributed by atoms with E-state index in [1.54, 1.807) is 6.92 Å². The second kappa shape index (κ2) is 7.62. The fourth-order valence-corrected chi connectivity index (χ4v) is 5.65. The summed E-state index contributed by atoms with van der Waals surface area (Å²) in [6.07, 6.45) is 4.81. The molecule has 1 aliphatic heterocycles. The molecule has 1 aromatic heterocycles. The number of imide groups is 1. The number of hydrazine groups is 1. The fourth-order valence-electron chi connectivity index (χ4n) is 4.54. The summed E-state index contributed by atoms with van der Waals surface area (Å²) in [7, 11) is 0. The third-order valence-corrected chi connectivity index (χ3v) is 8.08. The van der Waals surface area contributed by atoms with Crippen LogP contribution < -0.4 is 16.2 Å². The van der Waals surface area contributed by atoms with Crippen molar-refractivity contribution >= 4 is 35.1 Å². The Hall–Kier alpha value is -2.42. The van der Waals surface area contributed by atoms with Gasteiger partial charge in [0.1, 0.15) is 12.1 Å². The third-order valence-electron chi connectivity index (χ3n) is 6.84. The summed E-state index contributed by atoms with van der Waals surface area (Å²) in [5.41, 5.74) is 5.25. The fraction of sp³-hybridized carbons (Fsp3) is 0.636. The van der Waals surface area contributed by atoms with Crippen LogP contribution in [0.1, 0.15) is 67.1 Å². The molecule has 2 aliphatic carbocycles. The number of fused-ring (bicyclic) bond motifs is 1. The van der Waals surface area contributed by atoms with E-state index in [0.29, 0.717) is 10.8 Å². The number of carbonyl (C=O) groups excluding carboxylic acids is 4. The van der Waals surface area contributed by atoms with Gasteiger partial charge in [-0.2, -0.15) is 0 Å². The van der Waals surface area contributed by atoms with E-state index < -0.39 is 24.0 Å². The van der Waals surface area contributed by atoms with Gasteiger partial charge in [-0.05, 0) is 67.9 Å². The molecule has 0 aromatic carbocycles. The number of nitrogens with one attached hydrogen (secondary N) is 3. The first-order chi connectivity index (χ1) is 14.5. The minimum Gasteiger partial charge on any atom is -0.323 e. The summed E-state index contributed by atoms with van der Waals surface area (Å²) in [6, 6.07) is 1.35. The Morgan fingerprint density at radius 2 is 1.94 bits per heavy atom. The molecule has 1 saturated heterocycles. The molecular weight excluding hydrogens is 416 g/mol. The van der Waals surface area contributed by atoms with Gasteiger partial charge in [-0.1, -0.05) is 20.8 Å². The first-order valence-corrected chi connectivity index (χ1v) is 11.7. The molecule has 4 rings (SSSR count). The van der Waals surface area contributed by atoms with Crippen molar-refractivity contribution < 1.29 is 19.2 Å². The summed E-state index contributed by atoms with van der Waals surface area (Å²) in [5, 5.41) is 2.70. The van der Waals surface area contributed by atoms with Gasteiger partial charge in [0.05, 0.1) is 4.88 Å². The van der Waals surface area contributed by atoms with Gasteiger partial charge >= 0.3 is 6.03 Å². The zero-order valence-electron chi connectivity index (χ0n) is 18.5. The average molecular weight is 447 g/mol. The highest BCUT2D eigenvalue weighted by atomic mass is 32.1. The number of amides is 5. The number of nitrogens with zero attached hydrogens (tertiary/aromatic N) is 1. The van der Waals surface area contributed by atoms with Crippen LogP contribution in [0.5, 0.6) is 0 Å². The predicted molar refractivity (Wildman–Crippen MR) is 116 cm³/mol. The second-order valence-corrected chi connectivity index (χ2v) is 11.3. The molecule has 2 heterocycles. The minimum atomic E-state index is -0.929. The number of hydrogen-bond donors (Lipinski definition) is 3. The third kappa shape index (κ3) is 4.20. The lowest BCUT2D eigenvalue weighted by Crippen LogP contribution is -2.49. The molecule has 0 spiro atoms. The highest BCUT2D eigenvalue weighted by molar-refractivity contribution is 7.14. The Morgan fingerprint density at radius 3 is 2.58 bits per heavy atom. The van der Waals surface area contributed by atoms with E-state index in [1.165, 1.54) is 21.8 Å². The van der Waals surface area contributed by atoms with Gasteiger partial charge in [-0.15, -0.1) is 11.3 Å². The van der Waals surface area contributed by atoms with Crippen LogP contribution in [0, 0.1) is 17.3 Å². The van der Waals surface area contributed by atoms with E-state index in [-0.39, 0.29) is 23.1 Å². The monoisotopic (exact) mass is 446 g/mol. The van der Waals surface area contributed by atoms with Crippen LogP contribution in [-0.2, 0) is 22.4 Å². The average Bonchev–Trinajstić information content (AvgIpc) is 3.43. The van der Waals surface area contributed by atoms with Crippen LogP contribution in [0.3, 0.4) is 0 Å². The van der Waals surface area contributed by atoms with Gasteiger partial charge in [0.2, 0.25) is 0 Å². The van der Waals surface area contributed by atoms with Crippen molar-refractivity contribution in [3.05, 3.63) is 21.4 Å². The molecule has 9 heteroatoms. The summed E-state index contributed by atoms with van der Waals surface area (Å²) in [4.78, 5) is 52.3. The number of aryl methyl sites for hydroxylation is 1. The molecule has 3 N–H and O–H groups in total. The molecule has 2 atom stereocenters. The van der Waals surface area contributed by atoms with Crippen molar-refractivity contribution in [2.75, 3.05) is 6.54 Å². The molecule has 168 valence electrons.